The van der Waals surface area contributed by atoms with Crippen molar-refractivity contribution in [1.29, 1.82) is 0 Å². The molecule has 2 unspecified atom stereocenters. The number of carbonyl (C=O) groups is 1. The van der Waals surface area contributed by atoms with E-state index in [2.05, 4.69) is 4.90 Å². The van der Waals surface area contributed by atoms with E-state index in [9.17, 15) is 9.90 Å². The zero-order valence-electron chi connectivity index (χ0n) is 16.6. The van der Waals surface area contributed by atoms with Crippen LogP contribution in [0.25, 0.3) is 0 Å². The molecule has 0 radical (unpaired) electrons. The van der Waals surface area contributed by atoms with Crippen molar-refractivity contribution in [2.24, 2.45) is 5.92 Å². The standard InChI is InChI=1S/C22H27NO5/c1-26-17-9-4-7-15(13-17)21(23-12-6-8-16(14-23)22(24)25)20-18(27-2)10-5-11-19(20)28-3/h4-5,7,9-11,13,16,21H,6,8,12,14H2,1-3H3,(H,24,25). The molecule has 0 aliphatic carbocycles. The fourth-order valence-corrected chi connectivity index (χ4v) is 3.96. The van der Waals surface area contributed by atoms with Gasteiger partial charge in [-0.3, -0.25) is 9.69 Å². The van der Waals surface area contributed by atoms with Gasteiger partial charge in [-0.2, -0.15) is 0 Å². The van der Waals surface area contributed by atoms with E-state index in [-0.39, 0.29) is 12.0 Å². The molecule has 6 heteroatoms. The van der Waals surface area contributed by atoms with Crippen LogP contribution in [0.2, 0.25) is 0 Å². The average molecular weight is 385 g/mol. The van der Waals surface area contributed by atoms with Crippen LogP contribution in [-0.2, 0) is 4.79 Å². The van der Waals surface area contributed by atoms with Crippen molar-refractivity contribution in [2.75, 3.05) is 34.4 Å². The van der Waals surface area contributed by atoms with Gasteiger partial charge in [0.2, 0.25) is 0 Å². The molecule has 0 amide bonds. The van der Waals surface area contributed by atoms with E-state index in [4.69, 9.17) is 14.2 Å². The topological polar surface area (TPSA) is 68.2 Å². The van der Waals surface area contributed by atoms with Gasteiger partial charge < -0.3 is 19.3 Å². The SMILES string of the molecule is COc1cccc(C(c2c(OC)cccc2OC)N2CCCC(C(=O)O)C2)c1. The Morgan fingerprint density at radius 1 is 1.07 bits per heavy atom. The lowest BCUT2D eigenvalue weighted by molar-refractivity contribution is -0.143. The molecule has 2 aromatic rings. The number of hydrogen-bond donors (Lipinski definition) is 1. The number of carboxylic acids is 1. The highest BCUT2D eigenvalue weighted by atomic mass is 16.5. The Morgan fingerprint density at radius 2 is 1.75 bits per heavy atom. The molecule has 0 bridgehead atoms. The summed E-state index contributed by atoms with van der Waals surface area (Å²) in [4.78, 5) is 13.9. The molecule has 28 heavy (non-hydrogen) atoms. The Hall–Kier alpha value is -2.73. The third-order valence-corrected chi connectivity index (χ3v) is 5.32. The van der Waals surface area contributed by atoms with Gasteiger partial charge in [0.05, 0.1) is 38.9 Å². The average Bonchev–Trinajstić information content (AvgIpc) is 2.74. The van der Waals surface area contributed by atoms with Crippen LogP contribution < -0.4 is 14.2 Å². The molecular weight excluding hydrogens is 358 g/mol. The van der Waals surface area contributed by atoms with E-state index in [1.165, 1.54) is 0 Å². The van der Waals surface area contributed by atoms with Crippen molar-refractivity contribution < 1.29 is 24.1 Å². The molecule has 1 saturated heterocycles. The monoisotopic (exact) mass is 385 g/mol. The third kappa shape index (κ3) is 4.07. The lowest BCUT2D eigenvalue weighted by atomic mass is 9.90. The van der Waals surface area contributed by atoms with E-state index in [1.54, 1.807) is 21.3 Å². The molecule has 2 aromatic carbocycles. The molecular formula is C22H27NO5. The van der Waals surface area contributed by atoms with Gasteiger partial charge >= 0.3 is 5.97 Å². The molecule has 0 aromatic heterocycles. The molecule has 1 aliphatic heterocycles. The summed E-state index contributed by atoms with van der Waals surface area (Å²) in [7, 11) is 4.91. The minimum absolute atomic E-state index is 0.205. The number of rotatable bonds is 7. The Bertz CT molecular complexity index is 800. The summed E-state index contributed by atoms with van der Waals surface area (Å²) in [6.07, 6.45) is 1.52. The number of nitrogens with zero attached hydrogens (tertiary/aromatic N) is 1. The Kier molecular flexibility index (Phi) is 6.41. The van der Waals surface area contributed by atoms with Gasteiger partial charge in [0.15, 0.2) is 0 Å². The summed E-state index contributed by atoms with van der Waals surface area (Å²) in [5.74, 6) is 1.04. The molecule has 3 rings (SSSR count). The van der Waals surface area contributed by atoms with Crippen LogP contribution in [0.1, 0.15) is 30.0 Å². The minimum Gasteiger partial charge on any atom is -0.497 e. The van der Waals surface area contributed by atoms with E-state index in [0.717, 1.165) is 29.8 Å². The molecule has 150 valence electrons. The van der Waals surface area contributed by atoms with Gasteiger partial charge in [-0.05, 0) is 49.2 Å². The second kappa shape index (κ2) is 8.97. The predicted octanol–water partition coefficient (Wildman–Crippen LogP) is 3.60. The number of piperidine rings is 1. The van der Waals surface area contributed by atoms with Crippen molar-refractivity contribution in [3.05, 3.63) is 53.6 Å². The minimum atomic E-state index is -0.749. The van der Waals surface area contributed by atoms with Crippen LogP contribution in [0, 0.1) is 5.92 Å². The van der Waals surface area contributed by atoms with Crippen LogP contribution in [0.4, 0.5) is 0 Å². The molecule has 6 nitrogen and oxygen atoms in total. The Labute approximate surface area is 165 Å². The molecule has 0 spiro atoms. The number of hydrogen-bond acceptors (Lipinski definition) is 5. The summed E-state index contributed by atoms with van der Waals surface area (Å²) >= 11 is 0. The van der Waals surface area contributed by atoms with Crippen molar-refractivity contribution in [3.8, 4) is 17.2 Å². The highest BCUT2D eigenvalue weighted by Crippen LogP contribution is 2.42. The van der Waals surface area contributed by atoms with Crippen molar-refractivity contribution >= 4 is 5.97 Å². The van der Waals surface area contributed by atoms with E-state index in [0.29, 0.717) is 24.5 Å². The normalized spacial score (nSPS) is 18.3. The van der Waals surface area contributed by atoms with Crippen LogP contribution in [0.3, 0.4) is 0 Å². The molecule has 1 fully saturated rings. The second-order valence-corrected chi connectivity index (χ2v) is 6.93. The first-order valence-corrected chi connectivity index (χ1v) is 9.40. The maximum absolute atomic E-state index is 11.6. The summed E-state index contributed by atoms with van der Waals surface area (Å²) < 4.78 is 16.7. The lowest BCUT2D eigenvalue weighted by Crippen LogP contribution is -2.41. The fraction of sp³-hybridized carbons (Fsp3) is 0.409. The van der Waals surface area contributed by atoms with Crippen molar-refractivity contribution in [2.45, 2.75) is 18.9 Å². The smallest absolute Gasteiger partial charge is 0.307 e. The lowest BCUT2D eigenvalue weighted by Gasteiger charge is -2.38. The quantitative estimate of drug-likeness (QED) is 0.785. The van der Waals surface area contributed by atoms with Gasteiger partial charge in [-0.15, -0.1) is 0 Å². The molecule has 1 heterocycles. The van der Waals surface area contributed by atoms with E-state index >= 15 is 0 Å². The largest absolute Gasteiger partial charge is 0.497 e. The van der Waals surface area contributed by atoms with Crippen LogP contribution in [-0.4, -0.2) is 50.4 Å². The van der Waals surface area contributed by atoms with Crippen molar-refractivity contribution in [1.82, 2.24) is 4.90 Å². The van der Waals surface area contributed by atoms with Crippen LogP contribution in [0.5, 0.6) is 17.2 Å². The zero-order chi connectivity index (χ0) is 20.1. The zero-order valence-corrected chi connectivity index (χ0v) is 16.6. The second-order valence-electron chi connectivity index (χ2n) is 6.93. The maximum Gasteiger partial charge on any atom is 0.307 e. The number of methoxy groups -OCH3 is 3. The fourth-order valence-electron chi connectivity index (χ4n) is 3.96. The molecule has 2 atom stereocenters. The molecule has 1 aliphatic rings. The van der Waals surface area contributed by atoms with Gasteiger partial charge in [0.1, 0.15) is 17.2 Å². The number of aliphatic carboxylic acids is 1. The highest BCUT2D eigenvalue weighted by Gasteiger charge is 2.34. The van der Waals surface area contributed by atoms with Gasteiger partial charge in [-0.25, -0.2) is 0 Å². The number of ether oxygens (including phenoxy) is 3. The number of carboxylic acid groups (broad SMARTS) is 1. The summed E-state index contributed by atoms with van der Waals surface area (Å²) in [5, 5.41) is 9.57. The summed E-state index contributed by atoms with van der Waals surface area (Å²) in [6.45, 7) is 1.27. The van der Waals surface area contributed by atoms with E-state index < -0.39 is 5.97 Å². The van der Waals surface area contributed by atoms with Gasteiger partial charge in [-0.1, -0.05) is 18.2 Å². The molecule has 1 N–H and O–H groups in total. The first-order valence-electron chi connectivity index (χ1n) is 9.40. The predicted molar refractivity (Wildman–Crippen MR) is 106 cm³/mol. The highest BCUT2D eigenvalue weighted by molar-refractivity contribution is 5.70. The summed E-state index contributed by atoms with van der Waals surface area (Å²) in [6, 6.07) is 13.4. The van der Waals surface area contributed by atoms with Crippen LogP contribution in [0.15, 0.2) is 42.5 Å². The molecule has 0 saturated carbocycles. The van der Waals surface area contributed by atoms with E-state index in [1.807, 2.05) is 42.5 Å². The number of likely N-dealkylation sites (tertiary alicyclic amines) is 1. The number of benzene rings is 2. The first-order chi connectivity index (χ1) is 13.6. The van der Waals surface area contributed by atoms with Crippen LogP contribution >= 0.6 is 0 Å². The third-order valence-electron chi connectivity index (χ3n) is 5.32. The summed E-state index contributed by atoms with van der Waals surface area (Å²) in [5.41, 5.74) is 1.90. The Balaban J connectivity index is 2.14. The first kappa shape index (κ1) is 20.0. The van der Waals surface area contributed by atoms with Gasteiger partial charge in [0.25, 0.3) is 0 Å². The van der Waals surface area contributed by atoms with Gasteiger partial charge in [0, 0.05) is 6.54 Å². The van der Waals surface area contributed by atoms with Crippen molar-refractivity contribution in [3.63, 3.8) is 0 Å². The maximum atomic E-state index is 11.6. The Morgan fingerprint density at radius 3 is 2.36 bits per heavy atom.